The molecule has 0 spiro atoms. The zero-order chi connectivity index (χ0) is 12.5. The van der Waals surface area contributed by atoms with Crippen molar-refractivity contribution in [3.63, 3.8) is 0 Å². The first kappa shape index (κ1) is 11.0. The second-order valence-electron chi connectivity index (χ2n) is 4.26. The molecule has 1 aromatic heterocycles. The smallest absolute Gasteiger partial charge is 0.230 e. The highest BCUT2D eigenvalue weighted by Gasteiger charge is 2.27. The van der Waals surface area contributed by atoms with Gasteiger partial charge in [0, 0.05) is 5.56 Å². The van der Waals surface area contributed by atoms with E-state index >= 15 is 0 Å². The molecule has 1 heterocycles. The maximum absolute atomic E-state index is 5.91. The van der Waals surface area contributed by atoms with Crippen LogP contribution in [0, 0.1) is 0 Å². The van der Waals surface area contributed by atoms with Gasteiger partial charge in [-0.15, -0.1) is 0 Å². The normalized spacial score (nSPS) is 14.5. The van der Waals surface area contributed by atoms with Gasteiger partial charge in [-0.05, 0) is 18.9 Å². The van der Waals surface area contributed by atoms with Gasteiger partial charge in [0.1, 0.15) is 0 Å². The number of hydrogen-bond acceptors (Lipinski definition) is 5. The highest BCUT2D eigenvalue weighted by molar-refractivity contribution is 5.79. The molecule has 0 amide bonds. The summed E-state index contributed by atoms with van der Waals surface area (Å²) in [6, 6.07) is 5.68. The van der Waals surface area contributed by atoms with Crippen molar-refractivity contribution < 1.29 is 14.0 Å². The van der Waals surface area contributed by atoms with Crippen LogP contribution in [0.2, 0.25) is 0 Å². The second-order valence-corrected chi connectivity index (χ2v) is 4.26. The number of benzene rings is 1. The highest BCUT2D eigenvalue weighted by Crippen LogP contribution is 2.42. The van der Waals surface area contributed by atoms with Gasteiger partial charge >= 0.3 is 0 Å². The molecule has 3 rings (SSSR count). The number of aromatic nitrogens is 1. The van der Waals surface area contributed by atoms with Crippen molar-refractivity contribution in [2.75, 3.05) is 12.8 Å². The molecule has 1 fully saturated rings. The largest absolute Gasteiger partial charge is 0.493 e. The summed E-state index contributed by atoms with van der Waals surface area (Å²) >= 11 is 0. The lowest BCUT2D eigenvalue weighted by Crippen LogP contribution is -2.00. The molecular formula is C13H14N2O3. The predicted molar refractivity (Wildman–Crippen MR) is 66.6 cm³/mol. The minimum Gasteiger partial charge on any atom is -0.493 e. The van der Waals surface area contributed by atoms with E-state index in [0.717, 1.165) is 24.0 Å². The summed E-state index contributed by atoms with van der Waals surface area (Å²) in [5.74, 6) is 1.68. The Bertz CT molecular complexity index is 561. The third-order valence-corrected chi connectivity index (χ3v) is 2.90. The molecule has 18 heavy (non-hydrogen) atoms. The minimum absolute atomic E-state index is 0.279. The Hall–Kier alpha value is -2.17. The van der Waals surface area contributed by atoms with Crippen LogP contribution in [0.25, 0.3) is 11.1 Å². The zero-order valence-corrected chi connectivity index (χ0v) is 10.1. The number of nitrogen functional groups attached to an aromatic ring is 1. The molecule has 5 nitrogen and oxygen atoms in total. The maximum Gasteiger partial charge on any atom is 0.230 e. The van der Waals surface area contributed by atoms with Gasteiger partial charge in [-0.2, -0.15) is 0 Å². The van der Waals surface area contributed by atoms with Gasteiger partial charge < -0.3 is 19.7 Å². The van der Waals surface area contributed by atoms with Crippen molar-refractivity contribution in [2.24, 2.45) is 0 Å². The van der Waals surface area contributed by atoms with Crippen LogP contribution < -0.4 is 15.2 Å². The Morgan fingerprint density at radius 1 is 1.33 bits per heavy atom. The van der Waals surface area contributed by atoms with Crippen molar-refractivity contribution >= 4 is 5.88 Å². The lowest BCUT2D eigenvalue weighted by Gasteiger charge is -2.13. The lowest BCUT2D eigenvalue weighted by atomic mass is 10.1. The van der Waals surface area contributed by atoms with Crippen LogP contribution in [0.1, 0.15) is 12.8 Å². The molecule has 0 bridgehead atoms. The summed E-state index contributed by atoms with van der Waals surface area (Å²) in [5, 5.41) is 3.69. The number of ether oxygens (including phenoxy) is 2. The maximum atomic E-state index is 5.91. The van der Waals surface area contributed by atoms with Crippen LogP contribution in [-0.4, -0.2) is 18.4 Å². The molecule has 1 aliphatic carbocycles. The third-order valence-electron chi connectivity index (χ3n) is 2.90. The average molecular weight is 246 g/mol. The van der Waals surface area contributed by atoms with E-state index in [4.69, 9.17) is 19.7 Å². The van der Waals surface area contributed by atoms with E-state index in [1.54, 1.807) is 13.3 Å². The summed E-state index contributed by atoms with van der Waals surface area (Å²) in [4.78, 5) is 0. The molecular weight excluding hydrogens is 232 g/mol. The van der Waals surface area contributed by atoms with E-state index in [1.165, 1.54) is 0 Å². The van der Waals surface area contributed by atoms with Crippen molar-refractivity contribution in [1.29, 1.82) is 0 Å². The van der Waals surface area contributed by atoms with Crippen molar-refractivity contribution in [1.82, 2.24) is 5.16 Å². The summed E-state index contributed by atoms with van der Waals surface area (Å²) in [6.07, 6.45) is 4.03. The Morgan fingerprint density at radius 2 is 2.17 bits per heavy atom. The van der Waals surface area contributed by atoms with Gasteiger partial charge in [-0.25, -0.2) is 0 Å². The van der Waals surface area contributed by atoms with E-state index in [0.29, 0.717) is 11.5 Å². The summed E-state index contributed by atoms with van der Waals surface area (Å²) < 4.78 is 16.1. The van der Waals surface area contributed by atoms with E-state index in [1.807, 2.05) is 18.2 Å². The van der Waals surface area contributed by atoms with Crippen LogP contribution in [0.3, 0.4) is 0 Å². The van der Waals surface area contributed by atoms with Gasteiger partial charge in [0.2, 0.25) is 5.88 Å². The molecule has 1 saturated carbocycles. The van der Waals surface area contributed by atoms with Gasteiger partial charge in [0.15, 0.2) is 11.5 Å². The van der Waals surface area contributed by atoms with Gasteiger partial charge in [0.05, 0.1) is 25.0 Å². The molecule has 94 valence electrons. The van der Waals surface area contributed by atoms with Crippen LogP contribution >= 0.6 is 0 Å². The van der Waals surface area contributed by atoms with E-state index in [-0.39, 0.29) is 12.0 Å². The Balaban J connectivity index is 2.09. The Kier molecular flexibility index (Phi) is 2.59. The van der Waals surface area contributed by atoms with E-state index < -0.39 is 0 Å². The van der Waals surface area contributed by atoms with Crippen molar-refractivity contribution in [3.8, 4) is 22.6 Å². The second kappa shape index (κ2) is 4.25. The fraction of sp³-hybridized carbons (Fsp3) is 0.308. The molecule has 2 aromatic rings. The van der Waals surface area contributed by atoms with Crippen molar-refractivity contribution in [2.45, 2.75) is 18.9 Å². The number of para-hydroxylation sites is 1. The summed E-state index contributed by atoms with van der Waals surface area (Å²) in [6.45, 7) is 0. The SMILES string of the molecule is COc1cccc(-c2cnoc2N)c1OC1CC1. The molecule has 0 aliphatic heterocycles. The third kappa shape index (κ3) is 1.88. The molecule has 2 N–H and O–H groups in total. The molecule has 0 radical (unpaired) electrons. The number of anilines is 1. The van der Waals surface area contributed by atoms with Gasteiger partial charge in [-0.1, -0.05) is 17.3 Å². The summed E-state index contributed by atoms with van der Waals surface area (Å²) in [5.41, 5.74) is 7.33. The topological polar surface area (TPSA) is 70.5 Å². The summed E-state index contributed by atoms with van der Waals surface area (Å²) in [7, 11) is 1.62. The fourth-order valence-electron chi connectivity index (χ4n) is 1.81. The average Bonchev–Trinajstić information content (AvgIpc) is 3.10. The predicted octanol–water partition coefficient (Wildman–Crippen LogP) is 2.47. The number of rotatable bonds is 4. The molecule has 1 aromatic carbocycles. The number of nitrogens with zero attached hydrogens (tertiary/aromatic N) is 1. The standard InChI is InChI=1S/C13H14N2O3/c1-16-11-4-2-3-9(10-7-15-18-13(10)14)12(11)17-8-5-6-8/h2-4,7-8H,5-6,14H2,1H3. The first-order chi connectivity index (χ1) is 8.79. The Morgan fingerprint density at radius 3 is 2.78 bits per heavy atom. The molecule has 1 aliphatic rings. The van der Waals surface area contributed by atoms with E-state index in [9.17, 15) is 0 Å². The monoisotopic (exact) mass is 246 g/mol. The first-order valence-corrected chi connectivity index (χ1v) is 5.83. The van der Waals surface area contributed by atoms with Crippen LogP contribution in [0.4, 0.5) is 5.88 Å². The number of nitrogens with two attached hydrogens (primary N) is 1. The fourth-order valence-corrected chi connectivity index (χ4v) is 1.81. The van der Waals surface area contributed by atoms with Crippen LogP contribution in [0.5, 0.6) is 11.5 Å². The molecule has 0 atom stereocenters. The lowest BCUT2D eigenvalue weighted by molar-refractivity contribution is 0.283. The van der Waals surface area contributed by atoms with Gasteiger partial charge in [-0.3, -0.25) is 0 Å². The zero-order valence-electron chi connectivity index (χ0n) is 10.1. The minimum atomic E-state index is 0.279. The van der Waals surface area contributed by atoms with Crippen molar-refractivity contribution in [3.05, 3.63) is 24.4 Å². The van der Waals surface area contributed by atoms with Crippen LogP contribution in [0.15, 0.2) is 28.9 Å². The first-order valence-electron chi connectivity index (χ1n) is 5.83. The molecule has 0 unspecified atom stereocenters. The Labute approximate surface area is 104 Å². The molecule has 0 saturated heterocycles. The van der Waals surface area contributed by atoms with Gasteiger partial charge in [0.25, 0.3) is 0 Å². The number of hydrogen-bond donors (Lipinski definition) is 1. The number of methoxy groups -OCH3 is 1. The van der Waals surface area contributed by atoms with Crippen LogP contribution in [-0.2, 0) is 0 Å². The quantitative estimate of drug-likeness (QED) is 0.897. The van der Waals surface area contributed by atoms with E-state index in [2.05, 4.69) is 5.16 Å². The highest BCUT2D eigenvalue weighted by atomic mass is 16.5. The molecule has 5 heteroatoms.